The number of thiocarbonyl (C=S) groups is 2. The average Bonchev–Trinajstić information content (AvgIpc) is 2.29. The standard InChI is InChI=1S/C16H24N2S2/c1-11(2)9-15(19)10-13-5-7-14(8-6-13)18-16(20)17-12(3)4/h5-8,11-12H,9-10H2,1-4H3,(H2,17,18,20). The largest absolute Gasteiger partial charge is 0.360 e. The number of hydrogen-bond donors (Lipinski definition) is 2. The van der Waals surface area contributed by atoms with Gasteiger partial charge in [0.25, 0.3) is 0 Å². The third-order valence-corrected chi connectivity index (χ3v) is 3.20. The van der Waals surface area contributed by atoms with Crippen molar-refractivity contribution < 1.29 is 0 Å². The van der Waals surface area contributed by atoms with Crippen LogP contribution in [0.4, 0.5) is 5.69 Å². The van der Waals surface area contributed by atoms with Crippen LogP contribution in [0.3, 0.4) is 0 Å². The van der Waals surface area contributed by atoms with E-state index in [2.05, 4.69) is 50.5 Å². The Morgan fingerprint density at radius 1 is 1.05 bits per heavy atom. The Labute approximate surface area is 133 Å². The molecule has 1 aromatic rings. The predicted molar refractivity (Wildman–Crippen MR) is 96.7 cm³/mol. The summed E-state index contributed by atoms with van der Waals surface area (Å²) in [5, 5.41) is 6.99. The molecule has 110 valence electrons. The fraction of sp³-hybridized carbons (Fsp3) is 0.500. The summed E-state index contributed by atoms with van der Waals surface area (Å²) in [6, 6.07) is 8.63. The lowest BCUT2D eigenvalue weighted by Crippen LogP contribution is -2.33. The van der Waals surface area contributed by atoms with Crippen molar-refractivity contribution in [1.82, 2.24) is 5.32 Å². The van der Waals surface area contributed by atoms with Gasteiger partial charge in [-0.1, -0.05) is 38.2 Å². The maximum absolute atomic E-state index is 5.42. The Morgan fingerprint density at radius 2 is 1.65 bits per heavy atom. The van der Waals surface area contributed by atoms with Crippen LogP contribution in [0.2, 0.25) is 0 Å². The topological polar surface area (TPSA) is 24.1 Å². The molecule has 0 aliphatic rings. The van der Waals surface area contributed by atoms with E-state index in [1.807, 2.05) is 12.1 Å². The number of rotatable bonds is 6. The van der Waals surface area contributed by atoms with Gasteiger partial charge in [0.1, 0.15) is 0 Å². The minimum atomic E-state index is 0.336. The molecule has 0 bridgehead atoms. The van der Waals surface area contributed by atoms with Gasteiger partial charge in [-0.25, -0.2) is 0 Å². The molecular formula is C16H24N2S2. The number of benzene rings is 1. The minimum absolute atomic E-state index is 0.336. The quantitative estimate of drug-likeness (QED) is 0.763. The summed E-state index contributed by atoms with van der Waals surface area (Å²) in [7, 11) is 0. The molecule has 0 aliphatic heterocycles. The van der Waals surface area contributed by atoms with E-state index < -0.39 is 0 Å². The highest BCUT2D eigenvalue weighted by atomic mass is 32.1. The summed E-state index contributed by atoms with van der Waals surface area (Å²) >= 11 is 10.6. The molecule has 1 aromatic carbocycles. The zero-order valence-corrected chi connectivity index (χ0v) is 14.3. The molecule has 0 aromatic heterocycles. The Bertz CT molecular complexity index is 407. The molecule has 0 aliphatic carbocycles. The average molecular weight is 309 g/mol. The molecule has 2 nitrogen and oxygen atoms in total. The molecule has 20 heavy (non-hydrogen) atoms. The molecule has 4 heteroatoms. The van der Waals surface area contributed by atoms with E-state index in [0.29, 0.717) is 17.1 Å². The summed E-state index contributed by atoms with van der Waals surface area (Å²) in [6.07, 6.45) is 1.89. The van der Waals surface area contributed by atoms with Crippen molar-refractivity contribution in [1.29, 1.82) is 0 Å². The van der Waals surface area contributed by atoms with Crippen LogP contribution < -0.4 is 10.6 Å². The smallest absolute Gasteiger partial charge is 0.170 e. The van der Waals surface area contributed by atoms with Crippen molar-refractivity contribution >= 4 is 40.1 Å². The van der Waals surface area contributed by atoms with E-state index >= 15 is 0 Å². The van der Waals surface area contributed by atoms with Gasteiger partial charge in [-0.05, 0) is 61.0 Å². The van der Waals surface area contributed by atoms with E-state index in [1.165, 1.54) is 5.56 Å². The molecule has 0 spiro atoms. The number of hydrogen-bond acceptors (Lipinski definition) is 2. The van der Waals surface area contributed by atoms with Crippen LogP contribution in [0, 0.1) is 5.92 Å². The van der Waals surface area contributed by atoms with Gasteiger partial charge in [0.05, 0.1) is 0 Å². The van der Waals surface area contributed by atoms with Crippen LogP contribution in [-0.2, 0) is 6.42 Å². The van der Waals surface area contributed by atoms with Crippen molar-refractivity contribution in [3.63, 3.8) is 0 Å². The first-order chi connectivity index (χ1) is 9.36. The second-order valence-electron chi connectivity index (χ2n) is 5.76. The van der Waals surface area contributed by atoms with E-state index in [1.54, 1.807) is 0 Å². The van der Waals surface area contributed by atoms with Gasteiger partial charge in [0.2, 0.25) is 0 Å². The van der Waals surface area contributed by atoms with Crippen LogP contribution in [0.25, 0.3) is 0 Å². The van der Waals surface area contributed by atoms with Gasteiger partial charge in [-0.3, -0.25) is 0 Å². The fourth-order valence-electron chi connectivity index (χ4n) is 1.89. The molecule has 1 rings (SSSR count). The zero-order chi connectivity index (χ0) is 15.1. The summed E-state index contributed by atoms with van der Waals surface area (Å²) in [5.74, 6) is 0.628. The summed E-state index contributed by atoms with van der Waals surface area (Å²) in [4.78, 5) is 1.12. The maximum atomic E-state index is 5.42. The molecule has 0 radical (unpaired) electrons. The monoisotopic (exact) mass is 308 g/mol. The second-order valence-corrected chi connectivity index (χ2v) is 6.75. The fourth-order valence-corrected chi connectivity index (χ4v) is 2.74. The first-order valence-electron chi connectivity index (χ1n) is 7.05. The van der Waals surface area contributed by atoms with Crippen LogP contribution in [0.1, 0.15) is 39.7 Å². The Kier molecular flexibility index (Phi) is 7.10. The van der Waals surface area contributed by atoms with Gasteiger partial charge < -0.3 is 10.6 Å². The highest BCUT2D eigenvalue weighted by molar-refractivity contribution is 7.80. The van der Waals surface area contributed by atoms with Crippen molar-refractivity contribution in [3.8, 4) is 0 Å². The molecule has 0 saturated carbocycles. The highest BCUT2D eigenvalue weighted by Gasteiger charge is 2.04. The van der Waals surface area contributed by atoms with Crippen molar-refractivity contribution in [2.24, 2.45) is 5.92 Å². The third-order valence-electron chi connectivity index (χ3n) is 2.67. The molecular weight excluding hydrogens is 284 g/mol. The highest BCUT2D eigenvalue weighted by Crippen LogP contribution is 2.13. The first-order valence-corrected chi connectivity index (χ1v) is 7.86. The predicted octanol–water partition coefficient (Wildman–Crippen LogP) is 4.34. The lowest BCUT2D eigenvalue weighted by molar-refractivity contribution is 0.684. The van der Waals surface area contributed by atoms with Gasteiger partial charge >= 0.3 is 0 Å². The summed E-state index contributed by atoms with van der Waals surface area (Å²) < 4.78 is 0. The normalized spacial score (nSPS) is 10.7. The molecule has 0 atom stereocenters. The third kappa shape index (κ3) is 6.96. The summed E-state index contributed by atoms with van der Waals surface area (Å²) in [5.41, 5.74) is 2.26. The zero-order valence-electron chi connectivity index (χ0n) is 12.7. The molecule has 0 amide bonds. The molecule has 0 heterocycles. The molecule has 2 N–H and O–H groups in total. The minimum Gasteiger partial charge on any atom is -0.360 e. The number of anilines is 1. The van der Waals surface area contributed by atoms with Crippen LogP contribution in [-0.4, -0.2) is 16.0 Å². The Hall–Kier alpha value is -1.00. The van der Waals surface area contributed by atoms with Gasteiger partial charge in [-0.2, -0.15) is 0 Å². The van der Waals surface area contributed by atoms with E-state index in [0.717, 1.165) is 23.4 Å². The van der Waals surface area contributed by atoms with Gasteiger partial charge in [0, 0.05) is 18.2 Å². The maximum Gasteiger partial charge on any atom is 0.170 e. The first kappa shape index (κ1) is 17.1. The van der Waals surface area contributed by atoms with Crippen LogP contribution in [0.15, 0.2) is 24.3 Å². The van der Waals surface area contributed by atoms with E-state index in [4.69, 9.17) is 24.4 Å². The Morgan fingerprint density at radius 3 is 2.15 bits per heavy atom. The molecule has 0 saturated heterocycles. The van der Waals surface area contributed by atoms with Crippen molar-refractivity contribution in [3.05, 3.63) is 29.8 Å². The van der Waals surface area contributed by atoms with Gasteiger partial charge in [-0.15, -0.1) is 0 Å². The molecule has 0 fully saturated rings. The van der Waals surface area contributed by atoms with E-state index in [9.17, 15) is 0 Å². The van der Waals surface area contributed by atoms with Crippen LogP contribution in [0.5, 0.6) is 0 Å². The summed E-state index contributed by atoms with van der Waals surface area (Å²) in [6.45, 7) is 8.52. The Balaban J connectivity index is 2.52. The second kappa shape index (κ2) is 8.32. The number of nitrogens with one attached hydrogen (secondary N) is 2. The van der Waals surface area contributed by atoms with Crippen LogP contribution >= 0.6 is 24.4 Å². The molecule has 0 unspecified atom stereocenters. The lowest BCUT2D eigenvalue weighted by Gasteiger charge is -2.13. The van der Waals surface area contributed by atoms with Crippen molar-refractivity contribution in [2.75, 3.05) is 5.32 Å². The lowest BCUT2D eigenvalue weighted by atomic mass is 10.0. The van der Waals surface area contributed by atoms with E-state index in [-0.39, 0.29) is 0 Å². The van der Waals surface area contributed by atoms with Gasteiger partial charge in [0.15, 0.2) is 5.11 Å². The van der Waals surface area contributed by atoms with Crippen molar-refractivity contribution in [2.45, 2.75) is 46.6 Å². The SMILES string of the molecule is CC(C)CC(=S)Cc1ccc(NC(=S)NC(C)C)cc1.